The number of aromatic nitrogens is 3. The summed E-state index contributed by atoms with van der Waals surface area (Å²) in [5.74, 6) is 1.30. The van der Waals surface area contributed by atoms with Crippen molar-refractivity contribution in [3.8, 4) is 5.69 Å². The van der Waals surface area contributed by atoms with Gasteiger partial charge in [-0.15, -0.1) is 5.10 Å². The first-order chi connectivity index (χ1) is 13.5. The second-order valence-electron chi connectivity index (χ2n) is 8.17. The van der Waals surface area contributed by atoms with Crippen LogP contribution in [0.4, 0.5) is 14.9 Å². The number of rotatable bonds is 3. The molecule has 0 radical (unpaired) electrons. The highest BCUT2D eigenvalue weighted by atomic mass is 19.1. The lowest BCUT2D eigenvalue weighted by Crippen LogP contribution is -2.34. The summed E-state index contributed by atoms with van der Waals surface area (Å²) in [5.41, 5.74) is 2.51. The quantitative estimate of drug-likeness (QED) is 0.743. The van der Waals surface area contributed by atoms with Crippen molar-refractivity contribution in [2.24, 2.45) is 11.8 Å². The highest BCUT2D eigenvalue weighted by Gasteiger charge is 2.46. The summed E-state index contributed by atoms with van der Waals surface area (Å²) >= 11 is 0. The normalized spacial score (nSPS) is 20.6. The number of urea groups is 1. The first-order valence-electron chi connectivity index (χ1n) is 9.69. The van der Waals surface area contributed by atoms with Crippen molar-refractivity contribution < 1.29 is 9.18 Å². The van der Waals surface area contributed by atoms with Gasteiger partial charge >= 0.3 is 6.03 Å². The summed E-state index contributed by atoms with van der Waals surface area (Å²) in [4.78, 5) is 18.7. The van der Waals surface area contributed by atoms with Crippen molar-refractivity contribution in [2.75, 3.05) is 18.4 Å². The SMILES string of the molecule is CC(C)c1cnc2nn(-c3cc(NC(=O)N4C[C@H]5C[C@H]5C4)ccc3F)cc2c1. The number of piperidine rings is 1. The molecule has 0 unspecified atom stereocenters. The minimum Gasteiger partial charge on any atom is -0.324 e. The number of amides is 2. The van der Waals surface area contributed by atoms with Crippen molar-refractivity contribution in [3.63, 3.8) is 0 Å². The molecule has 6 nitrogen and oxygen atoms in total. The van der Waals surface area contributed by atoms with Gasteiger partial charge in [-0.25, -0.2) is 18.9 Å². The first-order valence-corrected chi connectivity index (χ1v) is 9.69. The molecule has 144 valence electrons. The minimum absolute atomic E-state index is 0.126. The van der Waals surface area contributed by atoms with E-state index in [-0.39, 0.29) is 11.7 Å². The fourth-order valence-electron chi connectivity index (χ4n) is 3.90. The Hall–Kier alpha value is -2.96. The Morgan fingerprint density at radius 2 is 2.04 bits per heavy atom. The number of carbonyl (C=O) groups excluding carboxylic acids is 1. The third-order valence-electron chi connectivity index (χ3n) is 5.76. The second kappa shape index (κ2) is 6.29. The molecule has 1 N–H and O–H groups in total. The molecule has 2 aromatic heterocycles. The summed E-state index contributed by atoms with van der Waals surface area (Å²) in [6.45, 7) is 5.84. The van der Waals surface area contributed by atoms with Crippen LogP contribution in [0, 0.1) is 17.7 Å². The van der Waals surface area contributed by atoms with Gasteiger partial charge in [-0.05, 0) is 54.0 Å². The summed E-state index contributed by atoms with van der Waals surface area (Å²) in [7, 11) is 0. The number of anilines is 1. The van der Waals surface area contributed by atoms with Crippen molar-refractivity contribution in [3.05, 3.63) is 48.0 Å². The Kier molecular flexibility index (Phi) is 3.86. The molecule has 1 aliphatic carbocycles. The van der Waals surface area contributed by atoms with E-state index in [0.29, 0.717) is 29.1 Å². The van der Waals surface area contributed by atoms with Gasteiger partial charge < -0.3 is 10.2 Å². The maximum atomic E-state index is 14.5. The van der Waals surface area contributed by atoms with Crippen LogP contribution in [-0.2, 0) is 0 Å². The zero-order valence-corrected chi connectivity index (χ0v) is 15.9. The number of hydrogen-bond acceptors (Lipinski definition) is 3. The van der Waals surface area contributed by atoms with E-state index < -0.39 is 5.82 Å². The predicted octanol–water partition coefficient (Wildman–Crippen LogP) is 4.17. The van der Waals surface area contributed by atoms with E-state index in [2.05, 4.69) is 29.2 Å². The highest BCUT2D eigenvalue weighted by molar-refractivity contribution is 5.90. The van der Waals surface area contributed by atoms with Gasteiger partial charge in [-0.1, -0.05) is 13.8 Å². The van der Waals surface area contributed by atoms with Crippen molar-refractivity contribution >= 4 is 22.8 Å². The third kappa shape index (κ3) is 3.00. The van der Waals surface area contributed by atoms with E-state index in [0.717, 1.165) is 24.0 Å². The van der Waals surface area contributed by atoms with Crippen molar-refractivity contribution in [2.45, 2.75) is 26.2 Å². The monoisotopic (exact) mass is 379 g/mol. The number of carbonyl (C=O) groups is 1. The number of benzene rings is 1. The molecule has 5 rings (SSSR count). The largest absolute Gasteiger partial charge is 0.324 e. The lowest BCUT2D eigenvalue weighted by molar-refractivity contribution is 0.217. The fourth-order valence-corrected chi connectivity index (χ4v) is 3.90. The Bertz CT molecular complexity index is 1070. The molecule has 28 heavy (non-hydrogen) atoms. The number of fused-ring (bicyclic) bond motifs is 2. The zero-order chi connectivity index (χ0) is 19.4. The second-order valence-corrected chi connectivity index (χ2v) is 8.17. The van der Waals surface area contributed by atoms with Crippen LogP contribution in [-0.4, -0.2) is 38.8 Å². The van der Waals surface area contributed by atoms with Gasteiger partial charge in [0.25, 0.3) is 0 Å². The molecule has 0 spiro atoms. The number of halogens is 1. The van der Waals surface area contributed by atoms with Gasteiger partial charge in [0.05, 0.1) is 0 Å². The molecule has 1 saturated heterocycles. The van der Waals surface area contributed by atoms with Crippen LogP contribution in [0.5, 0.6) is 0 Å². The number of nitrogens with one attached hydrogen (secondary N) is 1. The van der Waals surface area contributed by atoms with Crippen molar-refractivity contribution in [1.29, 1.82) is 0 Å². The summed E-state index contributed by atoms with van der Waals surface area (Å²) in [6, 6.07) is 6.44. The minimum atomic E-state index is -0.405. The van der Waals surface area contributed by atoms with Gasteiger partial charge in [0.1, 0.15) is 11.5 Å². The number of hydrogen-bond donors (Lipinski definition) is 1. The molecule has 3 heterocycles. The standard InChI is InChI=1S/C21H22FN5O/c1-12(2)13-5-16-11-27(25-20(16)23-8-13)19-7-17(3-4-18(19)22)24-21(28)26-9-14-6-15(14)10-26/h3-5,7-8,11-12,14-15H,6,9-10H2,1-2H3,(H,24,28)/t14-,15+. The van der Waals surface area contributed by atoms with Gasteiger partial charge in [0, 0.05) is 36.6 Å². The smallest absolute Gasteiger partial charge is 0.321 e. The molecule has 2 aliphatic rings. The summed E-state index contributed by atoms with van der Waals surface area (Å²) in [6.07, 6.45) is 4.81. The Morgan fingerprint density at radius 3 is 2.79 bits per heavy atom. The lowest BCUT2D eigenvalue weighted by atomic mass is 10.1. The van der Waals surface area contributed by atoms with Crippen LogP contribution in [0.3, 0.4) is 0 Å². The van der Waals surface area contributed by atoms with E-state index in [1.165, 1.54) is 17.2 Å². The molecular weight excluding hydrogens is 357 g/mol. The van der Waals surface area contributed by atoms with E-state index in [4.69, 9.17) is 0 Å². The van der Waals surface area contributed by atoms with Crippen molar-refractivity contribution in [1.82, 2.24) is 19.7 Å². The predicted molar refractivity (Wildman–Crippen MR) is 105 cm³/mol. The number of nitrogens with zero attached hydrogens (tertiary/aromatic N) is 4. The Labute approximate surface area is 162 Å². The molecule has 1 aromatic carbocycles. The van der Waals surface area contributed by atoms with Crippen LogP contribution in [0.2, 0.25) is 0 Å². The van der Waals surface area contributed by atoms with Gasteiger partial charge in [0.15, 0.2) is 5.65 Å². The molecular formula is C21H22FN5O. The summed E-state index contributed by atoms with van der Waals surface area (Å²) in [5, 5.41) is 8.14. The Morgan fingerprint density at radius 1 is 1.25 bits per heavy atom. The molecule has 1 saturated carbocycles. The summed E-state index contributed by atoms with van der Waals surface area (Å²) < 4.78 is 16.0. The molecule has 7 heteroatoms. The van der Waals surface area contributed by atoms with Crippen LogP contribution in [0.15, 0.2) is 36.7 Å². The topological polar surface area (TPSA) is 63.1 Å². The molecule has 1 aliphatic heterocycles. The average molecular weight is 379 g/mol. The van der Waals surface area contributed by atoms with E-state index in [1.54, 1.807) is 24.5 Å². The van der Waals surface area contributed by atoms with E-state index >= 15 is 0 Å². The molecule has 2 fully saturated rings. The Balaban J connectivity index is 1.42. The maximum Gasteiger partial charge on any atom is 0.321 e. The van der Waals surface area contributed by atoms with Crippen LogP contribution in [0.25, 0.3) is 16.7 Å². The molecule has 3 aromatic rings. The lowest BCUT2D eigenvalue weighted by Gasteiger charge is -2.19. The molecule has 0 bridgehead atoms. The fraction of sp³-hybridized carbons (Fsp3) is 0.381. The van der Waals surface area contributed by atoms with E-state index in [9.17, 15) is 9.18 Å². The average Bonchev–Trinajstić information content (AvgIpc) is 3.10. The van der Waals surface area contributed by atoms with Gasteiger partial charge in [-0.3, -0.25) is 0 Å². The van der Waals surface area contributed by atoms with Crippen LogP contribution < -0.4 is 5.32 Å². The number of likely N-dealkylation sites (tertiary alicyclic amines) is 1. The zero-order valence-electron chi connectivity index (χ0n) is 15.9. The van der Waals surface area contributed by atoms with E-state index in [1.807, 2.05) is 11.0 Å². The number of pyridine rings is 1. The van der Waals surface area contributed by atoms with Crippen LogP contribution >= 0.6 is 0 Å². The van der Waals surface area contributed by atoms with Gasteiger partial charge in [0.2, 0.25) is 0 Å². The molecule has 2 amide bonds. The van der Waals surface area contributed by atoms with Crippen LogP contribution in [0.1, 0.15) is 31.7 Å². The highest BCUT2D eigenvalue weighted by Crippen LogP contribution is 2.44. The maximum absolute atomic E-state index is 14.5. The molecule has 2 atom stereocenters. The third-order valence-corrected chi connectivity index (χ3v) is 5.76. The first kappa shape index (κ1) is 17.2. The van der Waals surface area contributed by atoms with Gasteiger partial charge in [-0.2, -0.15) is 0 Å².